The Morgan fingerprint density at radius 3 is 2.33 bits per heavy atom. The Hall–Kier alpha value is -2.55. The van der Waals surface area contributed by atoms with E-state index in [1.807, 2.05) is 11.8 Å². The first kappa shape index (κ1) is 26.5. The standard InChI is InChI=1S/C27H37F3N4O2/c1-4-24(35)33-14-11-32(12-15-33)13-16-34(18-19-5-6-21-17-23(19)26(21,2)3)25(36)31-22-9-7-20(8-10-22)27(28,29)30/h5,7-10,21,23H,4,6,11-18H2,1-3H3,(H,31,36). The highest BCUT2D eigenvalue weighted by atomic mass is 19.4. The molecule has 36 heavy (non-hydrogen) atoms. The quantitative estimate of drug-likeness (QED) is 0.525. The Morgan fingerprint density at radius 1 is 1.11 bits per heavy atom. The minimum atomic E-state index is -4.42. The molecule has 1 aromatic rings. The van der Waals surface area contributed by atoms with Crippen LogP contribution in [0, 0.1) is 17.3 Å². The van der Waals surface area contributed by atoms with Gasteiger partial charge in [0.2, 0.25) is 5.91 Å². The van der Waals surface area contributed by atoms with Crippen molar-refractivity contribution < 1.29 is 22.8 Å². The monoisotopic (exact) mass is 506 g/mol. The highest BCUT2D eigenvalue weighted by molar-refractivity contribution is 5.89. The fourth-order valence-electron chi connectivity index (χ4n) is 5.78. The first-order chi connectivity index (χ1) is 17.0. The van der Waals surface area contributed by atoms with Gasteiger partial charge in [-0.3, -0.25) is 9.69 Å². The van der Waals surface area contributed by atoms with Crippen molar-refractivity contribution in [2.75, 3.05) is 51.1 Å². The summed E-state index contributed by atoms with van der Waals surface area (Å²) < 4.78 is 38.7. The minimum Gasteiger partial charge on any atom is -0.340 e. The number of rotatable bonds is 7. The molecule has 3 aliphatic carbocycles. The molecule has 1 saturated heterocycles. The van der Waals surface area contributed by atoms with E-state index >= 15 is 0 Å². The number of carbonyl (C=O) groups excluding carboxylic acids is 2. The van der Waals surface area contributed by atoms with E-state index in [9.17, 15) is 22.8 Å². The summed E-state index contributed by atoms with van der Waals surface area (Å²) in [4.78, 5) is 31.2. The fraction of sp³-hybridized carbons (Fsp3) is 0.630. The van der Waals surface area contributed by atoms with Crippen LogP contribution < -0.4 is 5.32 Å². The molecule has 1 N–H and O–H groups in total. The second-order valence-electron chi connectivity index (χ2n) is 10.8. The lowest BCUT2D eigenvalue weighted by Gasteiger charge is -2.57. The van der Waals surface area contributed by atoms with Crippen LogP contribution in [0.5, 0.6) is 0 Å². The average molecular weight is 507 g/mol. The van der Waals surface area contributed by atoms with Gasteiger partial charge in [-0.2, -0.15) is 13.2 Å². The van der Waals surface area contributed by atoms with E-state index in [4.69, 9.17) is 0 Å². The summed E-state index contributed by atoms with van der Waals surface area (Å²) in [6.45, 7) is 11.1. The molecule has 198 valence electrons. The molecule has 2 bridgehead atoms. The van der Waals surface area contributed by atoms with E-state index in [1.165, 1.54) is 17.7 Å². The number of benzene rings is 1. The van der Waals surface area contributed by atoms with Gasteiger partial charge in [0.15, 0.2) is 0 Å². The van der Waals surface area contributed by atoms with Crippen molar-refractivity contribution in [1.82, 2.24) is 14.7 Å². The van der Waals surface area contributed by atoms with Crippen LogP contribution in [0.1, 0.15) is 45.6 Å². The van der Waals surface area contributed by atoms with Gasteiger partial charge in [-0.15, -0.1) is 0 Å². The van der Waals surface area contributed by atoms with E-state index in [-0.39, 0.29) is 17.4 Å². The molecule has 0 spiro atoms. The number of halogens is 3. The number of piperazine rings is 1. The number of urea groups is 1. The molecule has 2 atom stereocenters. The second-order valence-corrected chi connectivity index (χ2v) is 10.8. The molecule has 2 unspecified atom stereocenters. The van der Waals surface area contributed by atoms with Crippen LogP contribution in [0.15, 0.2) is 35.9 Å². The normalized spacial score (nSPS) is 23.5. The first-order valence-electron chi connectivity index (χ1n) is 12.9. The lowest BCUT2D eigenvalue weighted by Crippen LogP contribution is -2.52. The number of anilines is 1. The summed E-state index contributed by atoms with van der Waals surface area (Å²) in [5.74, 6) is 1.32. The van der Waals surface area contributed by atoms with Gasteiger partial charge in [0, 0.05) is 57.9 Å². The molecule has 2 fully saturated rings. The van der Waals surface area contributed by atoms with E-state index in [2.05, 4.69) is 30.1 Å². The van der Waals surface area contributed by atoms with Gasteiger partial charge < -0.3 is 15.1 Å². The summed E-state index contributed by atoms with van der Waals surface area (Å²) >= 11 is 0. The number of fused-ring (bicyclic) bond motifs is 1. The molecule has 1 aliphatic heterocycles. The van der Waals surface area contributed by atoms with Gasteiger partial charge in [0.25, 0.3) is 0 Å². The summed E-state index contributed by atoms with van der Waals surface area (Å²) in [6.07, 6.45) is 0.547. The van der Waals surface area contributed by atoms with Gasteiger partial charge in [-0.25, -0.2) is 4.79 Å². The van der Waals surface area contributed by atoms with Crippen molar-refractivity contribution in [2.24, 2.45) is 17.3 Å². The van der Waals surface area contributed by atoms with E-state index in [0.717, 1.165) is 38.1 Å². The zero-order chi connectivity index (χ0) is 26.1. The largest absolute Gasteiger partial charge is 0.416 e. The second kappa shape index (κ2) is 10.4. The molecule has 3 amide bonds. The number of alkyl halides is 3. The van der Waals surface area contributed by atoms with E-state index in [1.54, 1.807) is 4.90 Å². The molecule has 5 rings (SSSR count). The molecule has 6 nitrogen and oxygen atoms in total. The van der Waals surface area contributed by atoms with Crippen molar-refractivity contribution >= 4 is 17.6 Å². The van der Waals surface area contributed by atoms with E-state index in [0.29, 0.717) is 56.7 Å². The summed E-state index contributed by atoms with van der Waals surface area (Å²) in [6, 6.07) is 4.25. The summed E-state index contributed by atoms with van der Waals surface area (Å²) in [5, 5.41) is 2.80. The molecular weight excluding hydrogens is 469 g/mol. The number of amides is 3. The zero-order valence-corrected chi connectivity index (χ0v) is 21.4. The van der Waals surface area contributed by atoms with Crippen LogP contribution in [-0.2, 0) is 11.0 Å². The number of nitrogens with zero attached hydrogens (tertiary/aromatic N) is 3. The van der Waals surface area contributed by atoms with Crippen LogP contribution in [0.25, 0.3) is 0 Å². The Balaban J connectivity index is 1.41. The summed E-state index contributed by atoms with van der Waals surface area (Å²) in [7, 11) is 0. The predicted octanol–water partition coefficient (Wildman–Crippen LogP) is 5.09. The Morgan fingerprint density at radius 2 is 1.78 bits per heavy atom. The SMILES string of the molecule is CCC(=O)N1CCN(CCN(CC2=CCC3CC2C3(C)C)C(=O)Nc2ccc(C(F)(F)F)cc2)CC1. The number of hydrogen-bond acceptors (Lipinski definition) is 3. The topological polar surface area (TPSA) is 55.9 Å². The maximum absolute atomic E-state index is 13.3. The number of allylic oxidation sites excluding steroid dienone is 1. The van der Waals surface area contributed by atoms with Crippen LogP contribution in [-0.4, -0.2) is 72.5 Å². The van der Waals surface area contributed by atoms with Gasteiger partial charge in [0.05, 0.1) is 5.56 Å². The third-order valence-corrected chi connectivity index (χ3v) is 8.42. The average Bonchev–Trinajstić information content (AvgIpc) is 2.86. The molecule has 0 aromatic heterocycles. The van der Waals surface area contributed by atoms with Crippen LogP contribution in [0.2, 0.25) is 0 Å². The van der Waals surface area contributed by atoms with Gasteiger partial charge >= 0.3 is 12.2 Å². The van der Waals surface area contributed by atoms with Gasteiger partial charge in [0.1, 0.15) is 0 Å². The molecular formula is C27H37F3N4O2. The molecule has 0 radical (unpaired) electrons. The van der Waals surface area contributed by atoms with Crippen LogP contribution in [0.3, 0.4) is 0 Å². The predicted molar refractivity (Wildman–Crippen MR) is 133 cm³/mol. The molecule has 9 heteroatoms. The Kier molecular flexibility index (Phi) is 7.69. The third-order valence-electron chi connectivity index (χ3n) is 8.42. The van der Waals surface area contributed by atoms with Crippen molar-refractivity contribution in [2.45, 2.75) is 46.2 Å². The zero-order valence-electron chi connectivity index (χ0n) is 21.4. The van der Waals surface area contributed by atoms with Crippen LogP contribution >= 0.6 is 0 Å². The Labute approximate surface area is 211 Å². The maximum atomic E-state index is 13.3. The highest BCUT2D eigenvalue weighted by Gasteiger charge is 2.51. The van der Waals surface area contributed by atoms with Gasteiger partial charge in [-0.05, 0) is 54.4 Å². The lowest BCUT2D eigenvalue weighted by molar-refractivity contribution is -0.137. The third kappa shape index (κ3) is 5.71. The molecule has 4 aliphatic rings. The lowest BCUT2D eigenvalue weighted by atomic mass is 9.49. The molecule has 1 aromatic carbocycles. The minimum absolute atomic E-state index is 0.165. The smallest absolute Gasteiger partial charge is 0.340 e. The molecule has 1 saturated carbocycles. The number of hydrogen-bond donors (Lipinski definition) is 1. The summed E-state index contributed by atoms with van der Waals surface area (Å²) in [5.41, 5.74) is 1.11. The molecule has 1 heterocycles. The van der Waals surface area contributed by atoms with Crippen molar-refractivity contribution in [3.8, 4) is 0 Å². The van der Waals surface area contributed by atoms with Gasteiger partial charge in [-0.1, -0.05) is 32.4 Å². The highest BCUT2D eigenvalue weighted by Crippen LogP contribution is 2.59. The van der Waals surface area contributed by atoms with Crippen molar-refractivity contribution in [1.29, 1.82) is 0 Å². The fourth-order valence-corrected chi connectivity index (χ4v) is 5.78. The Bertz CT molecular complexity index is 982. The van der Waals surface area contributed by atoms with Crippen LogP contribution in [0.4, 0.5) is 23.7 Å². The van der Waals surface area contributed by atoms with Crippen molar-refractivity contribution in [3.63, 3.8) is 0 Å². The van der Waals surface area contributed by atoms with Crippen molar-refractivity contribution in [3.05, 3.63) is 41.5 Å². The number of carbonyl (C=O) groups is 2. The number of nitrogens with one attached hydrogen (secondary N) is 1. The van der Waals surface area contributed by atoms with E-state index < -0.39 is 11.7 Å². The maximum Gasteiger partial charge on any atom is 0.416 e. The first-order valence-corrected chi connectivity index (χ1v) is 12.9.